The highest BCUT2D eigenvalue weighted by molar-refractivity contribution is 9.11. The third-order valence-corrected chi connectivity index (χ3v) is 9.27. The Morgan fingerprint density at radius 3 is 2.57 bits per heavy atom. The van der Waals surface area contributed by atoms with Gasteiger partial charge in [0, 0.05) is 41.9 Å². The zero-order valence-corrected chi connectivity index (χ0v) is 29.8. The molecule has 47 heavy (non-hydrogen) atoms. The zero-order chi connectivity index (χ0) is 33.9. The molecule has 1 aromatic carbocycles. The first kappa shape index (κ1) is 34.6. The molecular weight excluding hydrogens is 731 g/mol. The van der Waals surface area contributed by atoms with Gasteiger partial charge in [-0.15, -0.1) is 11.3 Å². The SMILES string of the molecule is COc1nc(-c2ccnc(-c3cccc(NC(=O)c4ncc(Br)s4)c3Cl)c2Cl)ccc1CN(C[C@@H]1CCC(=O)N1)C(=O)OC(C)(C)C. The van der Waals surface area contributed by atoms with Crippen LogP contribution < -0.4 is 15.4 Å². The number of hydrogen-bond acceptors (Lipinski definition) is 9. The molecule has 5 rings (SSSR count). The van der Waals surface area contributed by atoms with Gasteiger partial charge < -0.3 is 25.0 Å². The van der Waals surface area contributed by atoms with Gasteiger partial charge in [0.1, 0.15) is 5.60 Å². The third-order valence-electron chi connectivity index (χ3n) is 7.01. The molecule has 0 spiro atoms. The van der Waals surface area contributed by atoms with E-state index in [-0.39, 0.29) is 46.0 Å². The summed E-state index contributed by atoms with van der Waals surface area (Å²) < 4.78 is 12.0. The molecule has 0 bridgehead atoms. The van der Waals surface area contributed by atoms with E-state index in [2.05, 4.69) is 36.5 Å². The van der Waals surface area contributed by atoms with E-state index in [0.29, 0.717) is 46.6 Å². The molecule has 3 aromatic heterocycles. The Balaban J connectivity index is 1.42. The van der Waals surface area contributed by atoms with Gasteiger partial charge >= 0.3 is 6.09 Å². The number of methoxy groups -OCH3 is 1. The fourth-order valence-electron chi connectivity index (χ4n) is 4.91. The van der Waals surface area contributed by atoms with Crippen molar-refractivity contribution in [3.05, 3.63) is 73.2 Å². The van der Waals surface area contributed by atoms with Gasteiger partial charge in [0.05, 0.1) is 50.8 Å². The number of nitrogens with one attached hydrogen (secondary N) is 2. The van der Waals surface area contributed by atoms with Gasteiger partial charge in [-0.25, -0.2) is 14.8 Å². The Kier molecular flexibility index (Phi) is 10.7. The van der Waals surface area contributed by atoms with E-state index < -0.39 is 17.6 Å². The maximum atomic E-state index is 13.2. The Labute approximate surface area is 294 Å². The van der Waals surface area contributed by atoms with Crippen molar-refractivity contribution in [3.63, 3.8) is 0 Å². The largest absolute Gasteiger partial charge is 0.481 e. The molecule has 15 heteroatoms. The van der Waals surface area contributed by atoms with Crippen LogP contribution in [0.15, 0.2) is 52.6 Å². The fraction of sp³-hybridized carbons (Fsp3) is 0.312. The summed E-state index contributed by atoms with van der Waals surface area (Å²) in [5.74, 6) is -0.155. The van der Waals surface area contributed by atoms with Crippen molar-refractivity contribution in [3.8, 4) is 28.4 Å². The average Bonchev–Trinajstić information content (AvgIpc) is 3.65. The first-order valence-electron chi connectivity index (χ1n) is 14.5. The number of thiazole rings is 1. The number of halogens is 3. The van der Waals surface area contributed by atoms with Crippen LogP contribution in [0.1, 0.15) is 49.0 Å². The lowest BCUT2D eigenvalue weighted by Gasteiger charge is -2.29. The van der Waals surface area contributed by atoms with E-state index in [1.54, 1.807) is 68.4 Å². The zero-order valence-electron chi connectivity index (χ0n) is 25.9. The number of hydrogen-bond donors (Lipinski definition) is 2. The first-order chi connectivity index (χ1) is 22.3. The number of benzene rings is 1. The van der Waals surface area contributed by atoms with E-state index in [4.69, 9.17) is 37.7 Å². The van der Waals surface area contributed by atoms with Gasteiger partial charge in [0.15, 0.2) is 5.01 Å². The number of pyridine rings is 2. The molecule has 4 aromatic rings. The van der Waals surface area contributed by atoms with Crippen LogP contribution in [0.25, 0.3) is 22.5 Å². The Morgan fingerprint density at radius 2 is 1.91 bits per heavy atom. The molecule has 2 N–H and O–H groups in total. The first-order valence-corrected chi connectivity index (χ1v) is 16.9. The van der Waals surface area contributed by atoms with Crippen molar-refractivity contribution in [1.82, 2.24) is 25.2 Å². The predicted octanol–water partition coefficient (Wildman–Crippen LogP) is 7.61. The van der Waals surface area contributed by atoms with E-state index in [9.17, 15) is 14.4 Å². The van der Waals surface area contributed by atoms with Gasteiger partial charge in [-0.05, 0) is 67.4 Å². The van der Waals surface area contributed by atoms with E-state index in [1.807, 2.05) is 6.07 Å². The van der Waals surface area contributed by atoms with Gasteiger partial charge in [-0.1, -0.05) is 35.3 Å². The number of anilines is 1. The summed E-state index contributed by atoms with van der Waals surface area (Å²) in [6.07, 6.45) is 3.67. The van der Waals surface area contributed by atoms with Gasteiger partial charge in [-0.3, -0.25) is 14.6 Å². The van der Waals surface area contributed by atoms with Crippen molar-refractivity contribution in [2.45, 2.75) is 51.8 Å². The Hall–Kier alpha value is -3.78. The molecule has 1 fully saturated rings. The van der Waals surface area contributed by atoms with Crippen molar-refractivity contribution >= 4 is 74.1 Å². The van der Waals surface area contributed by atoms with Crippen molar-refractivity contribution in [1.29, 1.82) is 0 Å². The number of ether oxygens (including phenoxy) is 2. The topological polar surface area (TPSA) is 136 Å². The van der Waals surface area contributed by atoms with Crippen LogP contribution >= 0.6 is 50.5 Å². The monoisotopic (exact) mass is 760 g/mol. The molecule has 0 saturated carbocycles. The van der Waals surface area contributed by atoms with Gasteiger partial charge in [-0.2, -0.15) is 0 Å². The second kappa shape index (κ2) is 14.5. The molecule has 1 saturated heterocycles. The number of amides is 3. The lowest BCUT2D eigenvalue weighted by Crippen LogP contribution is -2.43. The summed E-state index contributed by atoms with van der Waals surface area (Å²) in [6, 6.07) is 10.3. The molecule has 11 nitrogen and oxygen atoms in total. The normalized spacial score (nSPS) is 14.4. The molecule has 4 heterocycles. The molecule has 3 amide bonds. The van der Waals surface area contributed by atoms with Crippen molar-refractivity contribution in [2.75, 3.05) is 19.0 Å². The highest BCUT2D eigenvalue weighted by atomic mass is 79.9. The summed E-state index contributed by atoms with van der Waals surface area (Å²) >= 11 is 18.2. The number of nitrogens with zero attached hydrogens (tertiary/aromatic N) is 4. The maximum Gasteiger partial charge on any atom is 0.410 e. The molecule has 1 aliphatic heterocycles. The number of carbonyl (C=O) groups is 3. The van der Waals surface area contributed by atoms with Crippen LogP contribution in [0.4, 0.5) is 10.5 Å². The molecule has 1 atom stereocenters. The molecule has 246 valence electrons. The van der Waals surface area contributed by atoms with Crippen molar-refractivity contribution < 1.29 is 23.9 Å². The molecule has 0 radical (unpaired) electrons. The Bertz CT molecular complexity index is 1830. The van der Waals surface area contributed by atoms with Crippen LogP contribution in [-0.4, -0.2) is 63.1 Å². The third kappa shape index (κ3) is 8.39. The van der Waals surface area contributed by atoms with Crippen LogP contribution in [0, 0.1) is 0 Å². The minimum Gasteiger partial charge on any atom is -0.481 e. The molecule has 1 aliphatic rings. The second-order valence-corrected chi connectivity index (χ2v) is 14.8. The highest BCUT2D eigenvalue weighted by Crippen LogP contribution is 2.40. The quantitative estimate of drug-likeness (QED) is 0.178. The van der Waals surface area contributed by atoms with Gasteiger partial charge in [0.2, 0.25) is 11.8 Å². The van der Waals surface area contributed by atoms with E-state index in [0.717, 1.165) is 3.79 Å². The van der Waals surface area contributed by atoms with Crippen LogP contribution in [0.3, 0.4) is 0 Å². The van der Waals surface area contributed by atoms with Crippen LogP contribution in [0.5, 0.6) is 5.88 Å². The van der Waals surface area contributed by atoms with Gasteiger partial charge in [0.25, 0.3) is 5.91 Å². The molecule has 0 aliphatic carbocycles. The minimum atomic E-state index is -0.705. The van der Waals surface area contributed by atoms with E-state index >= 15 is 0 Å². The molecule has 0 unspecified atom stereocenters. The van der Waals surface area contributed by atoms with E-state index in [1.165, 1.54) is 18.4 Å². The predicted molar refractivity (Wildman–Crippen MR) is 185 cm³/mol. The summed E-state index contributed by atoms with van der Waals surface area (Å²) in [5.41, 5.74) is 2.27. The summed E-state index contributed by atoms with van der Waals surface area (Å²) in [4.78, 5) is 52.6. The standard InChI is InChI=1S/C32H31BrCl2N6O5S/c1-32(2,3)46-31(44)41(16-18-9-11-24(42)38-18)15-17-8-10-21(40-29(17)45-4)19-12-13-36-27(26(19)35)20-6-5-7-22(25(20)34)39-28(43)30-37-14-23(33)47-30/h5-8,10,12-14,18H,9,11,15-16H2,1-4H3,(H,38,42)(H,39,43)/t18-/m0/s1. The summed E-state index contributed by atoms with van der Waals surface area (Å²) in [7, 11) is 1.49. The number of rotatable bonds is 9. The van der Waals surface area contributed by atoms with Crippen LogP contribution in [-0.2, 0) is 16.1 Å². The fourth-order valence-corrected chi connectivity index (χ4v) is 6.58. The van der Waals surface area contributed by atoms with Crippen LogP contribution in [0.2, 0.25) is 10.0 Å². The average molecular weight is 763 g/mol. The summed E-state index contributed by atoms with van der Waals surface area (Å²) in [6.45, 7) is 5.80. The lowest BCUT2D eigenvalue weighted by molar-refractivity contribution is -0.119. The minimum absolute atomic E-state index is 0.0434. The number of aromatic nitrogens is 3. The highest BCUT2D eigenvalue weighted by Gasteiger charge is 2.29. The second-order valence-electron chi connectivity index (χ2n) is 11.6. The Morgan fingerprint density at radius 1 is 1.13 bits per heavy atom. The number of carbonyl (C=O) groups excluding carboxylic acids is 3. The van der Waals surface area contributed by atoms with Crippen molar-refractivity contribution in [2.24, 2.45) is 0 Å². The molecular formula is C32H31BrCl2N6O5S. The summed E-state index contributed by atoms with van der Waals surface area (Å²) in [5, 5.41) is 6.52. The lowest BCUT2D eigenvalue weighted by atomic mass is 10.1. The maximum absolute atomic E-state index is 13.2. The smallest absolute Gasteiger partial charge is 0.410 e.